The van der Waals surface area contributed by atoms with Gasteiger partial charge in [0.15, 0.2) is 0 Å². The van der Waals surface area contributed by atoms with Crippen molar-refractivity contribution in [2.45, 2.75) is 85.0 Å². The monoisotopic (exact) mass is 254 g/mol. The first-order chi connectivity index (χ1) is 8.41. The molecule has 1 aliphatic heterocycles. The molecule has 1 rings (SSSR count). The highest BCUT2D eigenvalue weighted by Gasteiger charge is 2.49. The van der Waals surface area contributed by atoms with Crippen molar-refractivity contribution in [3.8, 4) is 0 Å². The standard InChI is InChI=1S/C15H30N2O/c1-7-10-12(8-2)17-13(11(4)5)16-15(6,9-3)14(17)18/h11-13,16H,7-10H2,1-6H3. The summed E-state index contributed by atoms with van der Waals surface area (Å²) in [6.45, 7) is 12.9. The Morgan fingerprint density at radius 2 is 1.94 bits per heavy atom. The van der Waals surface area contributed by atoms with E-state index in [1.807, 2.05) is 6.92 Å². The van der Waals surface area contributed by atoms with Gasteiger partial charge < -0.3 is 4.90 Å². The molecule has 1 N–H and O–H groups in total. The van der Waals surface area contributed by atoms with Gasteiger partial charge in [0.2, 0.25) is 5.91 Å². The normalized spacial score (nSPS) is 30.3. The van der Waals surface area contributed by atoms with E-state index in [0.29, 0.717) is 17.9 Å². The van der Waals surface area contributed by atoms with Crippen molar-refractivity contribution in [2.24, 2.45) is 5.92 Å². The molecule has 18 heavy (non-hydrogen) atoms. The van der Waals surface area contributed by atoms with Crippen LogP contribution in [0.25, 0.3) is 0 Å². The summed E-state index contributed by atoms with van der Waals surface area (Å²) in [5.41, 5.74) is -0.365. The topological polar surface area (TPSA) is 32.3 Å². The Kier molecular flexibility index (Phi) is 5.20. The molecule has 1 heterocycles. The fourth-order valence-electron chi connectivity index (χ4n) is 2.88. The summed E-state index contributed by atoms with van der Waals surface area (Å²) in [4.78, 5) is 14.8. The third kappa shape index (κ3) is 2.71. The summed E-state index contributed by atoms with van der Waals surface area (Å²) in [6, 6.07) is 0.385. The minimum absolute atomic E-state index is 0.193. The first-order valence-corrected chi connectivity index (χ1v) is 7.51. The highest BCUT2D eigenvalue weighted by molar-refractivity contribution is 5.88. The third-order valence-electron chi connectivity index (χ3n) is 4.30. The van der Waals surface area contributed by atoms with E-state index in [4.69, 9.17) is 0 Å². The van der Waals surface area contributed by atoms with Gasteiger partial charge in [-0.2, -0.15) is 0 Å². The van der Waals surface area contributed by atoms with E-state index < -0.39 is 0 Å². The minimum Gasteiger partial charge on any atom is -0.322 e. The van der Waals surface area contributed by atoms with Crippen LogP contribution in [0.3, 0.4) is 0 Å². The van der Waals surface area contributed by atoms with Gasteiger partial charge in [0.25, 0.3) is 0 Å². The molecule has 1 amide bonds. The van der Waals surface area contributed by atoms with E-state index >= 15 is 0 Å². The van der Waals surface area contributed by atoms with Crippen LogP contribution in [-0.2, 0) is 4.79 Å². The van der Waals surface area contributed by atoms with Gasteiger partial charge in [-0.25, -0.2) is 0 Å². The van der Waals surface area contributed by atoms with Crippen LogP contribution in [0.4, 0.5) is 0 Å². The minimum atomic E-state index is -0.365. The maximum Gasteiger partial charge on any atom is 0.244 e. The summed E-state index contributed by atoms with van der Waals surface area (Å²) >= 11 is 0. The van der Waals surface area contributed by atoms with Gasteiger partial charge in [0.05, 0.1) is 11.7 Å². The smallest absolute Gasteiger partial charge is 0.244 e. The first kappa shape index (κ1) is 15.5. The van der Waals surface area contributed by atoms with Crippen LogP contribution in [0.5, 0.6) is 0 Å². The highest BCUT2D eigenvalue weighted by atomic mass is 16.2. The molecule has 1 saturated heterocycles. The van der Waals surface area contributed by atoms with Gasteiger partial charge in [-0.1, -0.05) is 41.0 Å². The molecule has 3 atom stereocenters. The second-order valence-corrected chi connectivity index (χ2v) is 6.08. The number of rotatable bonds is 6. The zero-order valence-corrected chi connectivity index (χ0v) is 12.9. The molecule has 0 spiro atoms. The SMILES string of the molecule is CCCC(CC)N1C(=O)C(C)(CC)NC1C(C)C. The first-order valence-electron chi connectivity index (χ1n) is 7.51. The summed E-state index contributed by atoms with van der Waals surface area (Å²) in [5.74, 6) is 0.747. The average Bonchev–Trinajstić information content (AvgIpc) is 2.61. The maximum atomic E-state index is 12.7. The lowest BCUT2D eigenvalue weighted by atomic mass is 9.98. The molecule has 0 aromatic carbocycles. The Labute approximate surface area is 112 Å². The molecule has 3 nitrogen and oxygen atoms in total. The lowest BCUT2D eigenvalue weighted by Gasteiger charge is -2.34. The zero-order chi connectivity index (χ0) is 13.9. The number of nitrogens with zero attached hydrogens (tertiary/aromatic N) is 1. The molecule has 3 unspecified atom stereocenters. The van der Waals surface area contributed by atoms with Crippen LogP contribution >= 0.6 is 0 Å². The number of hydrogen-bond donors (Lipinski definition) is 1. The second-order valence-electron chi connectivity index (χ2n) is 6.08. The van der Waals surface area contributed by atoms with Gasteiger partial charge in [-0.15, -0.1) is 0 Å². The molecular formula is C15H30N2O. The number of carbonyl (C=O) groups is 1. The van der Waals surface area contributed by atoms with E-state index in [1.165, 1.54) is 0 Å². The number of amides is 1. The predicted octanol–water partition coefficient (Wildman–Crippen LogP) is 3.15. The van der Waals surface area contributed by atoms with Gasteiger partial charge >= 0.3 is 0 Å². The van der Waals surface area contributed by atoms with Crippen molar-refractivity contribution in [3.05, 3.63) is 0 Å². The van der Waals surface area contributed by atoms with E-state index in [2.05, 4.69) is 44.8 Å². The largest absolute Gasteiger partial charge is 0.322 e. The zero-order valence-electron chi connectivity index (χ0n) is 12.9. The van der Waals surface area contributed by atoms with Crippen LogP contribution in [0.15, 0.2) is 0 Å². The van der Waals surface area contributed by atoms with Crippen molar-refractivity contribution in [1.29, 1.82) is 0 Å². The van der Waals surface area contributed by atoms with Crippen molar-refractivity contribution in [2.75, 3.05) is 0 Å². The fourth-order valence-corrected chi connectivity index (χ4v) is 2.88. The van der Waals surface area contributed by atoms with E-state index in [-0.39, 0.29) is 11.7 Å². The number of nitrogens with one attached hydrogen (secondary N) is 1. The molecule has 0 aromatic heterocycles. The van der Waals surface area contributed by atoms with Crippen molar-refractivity contribution >= 4 is 5.91 Å². The van der Waals surface area contributed by atoms with E-state index in [0.717, 1.165) is 25.7 Å². The van der Waals surface area contributed by atoms with Crippen LogP contribution in [0.1, 0.15) is 67.2 Å². The molecule has 1 aliphatic rings. The fraction of sp³-hybridized carbons (Fsp3) is 0.933. The quantitative estimate of drug-likeness (QED) is 0.789. The number of carbonyl (C=O) groups excluding carboxylic acids is 1. The Morgan fingerprint density at radius 3 is 2.33 bits per heavy atom. The van der Waals surface area contributed by atoms with E-state index in [9.17, 15) is 4.79 Å². The lowest BCUT2D eigenvalue weighted by molar-refractivity contribution is -0.135. The molecular weight excluding hydrogens is 224 g/mol. The molecule has 0 aromatic rings. The van der Waals surface area contributed by atoms with Crippen molar-refractivity contribution in [3.63, 3.8) is 0 Å². The summed E-state index contributed by atoms with van der Waals surface area (Å²) in [5, 5.41) is 3.57. The van der Waals surface area contributed by atoms with Crippen LogP contribution < -0.4 is 5.32 Å². The summed E-state index contributed by atoms with van der Waals surface area (Å²) < 4.78 is 0. The number of hydrogen-bond acceptors (Lipinski definition) is 2. The van der Waals surface area contributed by atoms with Crippen LogP contribution in [0.2, 0.25) is 0 Å². The molecule has 0 saturated carbocycles. The van der Waals surface area contributed by atoms with E-state index in [1.54, 1.807) is 0 Å². The molecule has 0 radical (unpaired) electrons. The Bertz CT molecular complexity index is 290. The molecule has 3 heteroatoms. The summed E-state index contributed by atoms with van der Waals surface area (Å²) in [6.07, 6.45) is 4.33. The molecule has 1 fully saturated rings. The van der Waals surface area contributed by atoms with Gasteiger partial charge in [0.1, 0.15) is 0 Å². The Morgan fingerprint density at radius 1 is 1.33 bits per heavy atom. The Hall–Kier alpha value is -0.570. The van der Waals surface area contributed by atoms with Crippen LogP contribution in [0, 0.1) is 5.92 Å². The molecule has 0 aliphatic carbocycles. The lowest BCUT2D eigenvalue weighted by Crippen LogP contribution is -2.47. The highest BCUT2D eigenvalue weighted by Crippen LogP contribution is 2.31. The molecule has 0 bridgehead atoms. The third-order valence-corrected chi connectivity index (χ3v) is 4.30. The van der Waals surface area contributed by atoms with Gasteiger partial charge in [0, 0.05) is 6.04 Å². The maximum absolute atomic E-state index is 12.7. The van der Waals surface area contributed by atoms with Gasteiger partial charge in [-0.3, -0.25) is 10.1 Å². The van der Waals surface area contributed by atoms with Crippen molar-refractivity contribution in [1.82, 2.24) is 10.2 Å². The summed E-state index contributed by atoms with van der Waals surface area (Å²) in [7, 11) is 0. The predicted molar refractivity (Wildman–Crippen MR) is 76.3 cm³/mol. The van der Waals surface area contributed by atoms with Gasteiger partial charge in [-0.05, 0) is 32.1 Å². The Balaban J connectivity index is 3.00. The molecule has 106 valence electrons. The van der Waals surface area contributed by atoms with Crippen LogP contribution in [-0.4, -0.2) is 28.6 Å². The second kappa shape index (κ2) is 6.05. The van der Waals surface area contributed by atoms with Crippen molar-refractivity contribution < 1.29 is 4.79 Å². The average molecular weight is 254 g/mol.